The van der Waals surface area contributed by atoms with E-state index < -0.39 is 17.6 Å². The maximum atomic E-state index is 13.2. The normalized spacial score (nSPS) is 20.0. The number of likely N-dealkylation sites (tertiary alicyclic amines) is 1. The Labute approximate surface area is 170 Å². The van der Waals surface area contributed by atoms with Crippen molar-refractivity contribution in [1.29, 1.82) is 0 Å². The summed E-state index contributed by atoms with van der Waals surface area (Å²) in [5, 5.41) is 3.46. The number of hydrogen-bond donors (Lipinski definition) is 2. The van der Waals surface area contributed by atoms with Crippen molar-refractivity contribution in [2.45, 2.75) is 31.5 Å². The van der Waals surface area contributed by atoms with E-state index in [1.165, 1.54) is 18.2 Å². The number of anilines is 1. The zero-order chi connectivity index (χ0) is 20.4. The van der Waals surface area contributed by atoms with E-state index in [9.17, 15) is 18.0 Å². The lowest BCUT2D eigenvalue weighted by atomic mass is 10.0. The second-order valence-electron chi connectivity index (χ2n) is 7.24. The van der Waals surface area contributed by atoms with Crippen molar-refractivity contribution >= 4 is 33.1 Å². The molecule has 2 atom stereocenters. The highest BCUT2D eigenvalue weighted by atomic mass is 32.1. The van der Waals surface area contributed by atoms with Crippen LogP contribution in [-0.2, 0) is 11.0 Å². The van der Waals surface area contributed by atoms with Gasteiger partial charge in [0.05, 0.1) is 28.0 Å². The molecule has 1 aliphatic heterocycles. The van der Waals surface area contributed by atoms with E-state index in [-0.39, 0.29) is 18.3 Å². The Bertz CT molecular complexity index is 985. The topological polar surface area (TPSA) is 46.4 Å². The molecule has 1 fully saturated rings. The molecule has 0 radical (unpaired) electrons. The SMILES string of the molecule is O=C(C[NH+]1CCCC[C@H]1c1nc2ccccc2s1)Nc1ccccc1C(F)(F)F. The second kappa shape index (κ2) is 8.12. The summed E-state index contributed by atoms with van der Waals surface area (Å²) in [7, 11) is 0. The number of para-hydroxylation sites is 2. The van der Waals surface area contributed by atoms with Crippen LogP contribution < -0.4 is 10.2 Å². The number of thiazole rings is 1. The number of nitrogens with zero attached hydrogens (tertiary/aromatic N) is 1. The van der Waals surface area contributed by atoms with Crippen LogP contribution >= 0.6 is 11.3 Å². The van der Waals surface area contributed by atoms with Gasteiger partial charge in [-0.3, -0.25) is 4.79 Å². The Morgan fingerprint density at radius 3 is 2.69 bits per heavy atom. The molecule has 4 rings (SSSR count). The van der Waals surface area contributed by atoms with Gasteiger partial charge in [0, 0.05) is 6.42 Å². The van der Waals surface area contributed by atoms with Crippen molar-refractivity contribution in [2.24, 2.45) is 0 Å². The monoisotopic (exact) mass is 420 g/mol. The molecule has 2 heterocycles. The van der Waals surface area contributed by atoms with E-state index >= 15 is 0 Å². The molecule has 1 aromatic heterocycles. The van der Waals surface area contributed by atoms with E-state index in [0.29, 0.717) is 0 Å². The first-order chi connectivity index (χ1) is 13.9. The Kier molecular flexibility index (Phi) is 5.56. The van der Waals surface area contributed by atoms with Crippen LogP contribution in [0.4, 0.5) is 18.9 Å². The van der Waals surface area contributed by atoms with E-state index in [0.717, 1.165) is 52.0 Å². The lowest BCUT2D eigenvalue weighted by Gasteiger charge is -2.30. The molecule has 0 bridgehead atoms. The molecule has 8 heteroatoms. The van der Waals surface area contributed by atoms with Gasteiger partial charge >= 0.3 is 6.18 Å². The standard InChI is InChI=1S/C21H20F3N3OS/c22-21(23,24)14-7-1-2-8-15(14)25-19(28)13-27-12-6-5-10-17(27)20-26-16-9-3-4-11-18(16)29-20/h1-4,7-9,11,17H,5-6,10,12-13H2,(H,25,28)/p+1/t17-/m0/s1. The first-order valence-corrected chi connectivity index (χ1v) is 10.4. The van der Waals surface area contributed by atoms with Gasteiger partial charge in [-0.25, -0.2) is 4.98 Å². The van der Waals surface area contributed by atoms with Gasteiger partial charge in [0.1, 0.15) is 6.04 Å². The first kappa shape index (κ1) is 19.8. The molecule has 2 N–H and O–H groups in total. The molecular weight excluding hydrogens is 399 g/mol. The van der Waals surface area contributed by atoms with Gasteiger partial charge in [-0.1, -0.05) is 24.3 Å². The smallest absolute Gasteiger partial charge is 0.321 e. The van der Waals surface area contributed by atoms with Gasteiger partial charge in [-0.05, 0) is 37.1 Å². The predicted molar refractivity (Wildman–Crippen MR) is 107 cm³/mol. The van der Waals surface area contributed by atoms with Gasteiger partial charge < -0.3 is 10.2 Å². The van der Waals surface area contributed by atoms with Crippen molar-refractivity contribution in [3.63, 3.8) is 0 Å². The molecule has 2 aromatic carbocycles. The summed E-state index contributed by atoms with van der Waals surface area (Å²) in [4.78, 5) is 18.4. The molecule has 3 aromatic rings. The number of rotatable bonds is 4. The molecule has 1 unspecified atom stereocenters. The Morgan fingerprint density at radius 2 is 1.90 bits per heavy atom. The lowest BCUT2D eigenvalue weighted by molar-refractivity contribution is -0.929. The third-order valence-electron chi connectivity index (χ3n) is 5.24. The zero-order valence-corrected chi connectivity index (χ0v) is 16.4. The largest absolute Gasteiger partial charge is 0.418 e. The average Bonchev–Trinajstić information content (AvgIpc) is 3.12. The van der Waals surface area contributed by atoms with Gasteiger partial charge in [0.15, 0.2) is 11.6 Å². The number of fused-ring (bicyclic) bond motifs is 1. The zero-order valence-electron chi connectivity index (χ0n) is 15.6. The van der Waals surface area contributed by atoms with Crippen molar-refractivity contribution in [3.05, 3.63) is 59.1 Å². The molecule has 1 saturated heterocycles. The first-order valence-electron chi connectivity index (χ1n) is 9.58. The number of hydrogen-bond acceptors (Lipinski definition) is 3. The van der Waals surface area contributed by atoms with Crippen LogP contribution in [0, 0.1) is 0 Å². The summed E-state index contributed by atoms with van der Waals surface area (Å²) in [6.45, 7) is 0.918. The Balaban J connectivity index is 1.51. The van der Waals surface area contributed by atoms with Gasteiger partial charge in [0.25, 0.3) is 5.91 Å². The number of carbonyl (C=O) groups excluding carboxylic acids is 1. The van der Waals surface area contributed by atoms with E-state index in [1.54, 1.807) is 11.3 Å². The fourth-order valence-corrected chi connectivity index (χ4v) is 5.03. The minimum Gasteiger partial charge on any atom is -0.321 e. The van der Waals surface area contributed by atoms with Crippen molar-refractivity contribution in [3.8, 4) is 0 Å². The fourth-order valence-electron chi connectivity index (χ4n) is 3.87. The van der Waals surface area contributed by atoms with Crippen molar-refractivity contribution < 1.29 is 22.9 Å². The van der Waals surface area contributed by atoms with E-state index in [4.69, 9.17) is 4.98 Å². The van der Waals surface area contributed by atoms with Crippen LogP contribution in [-0.4, -0.2) is 24.0 Å². The molecule has 1 aliphatic rings. The molecule has 0 spiro atoms. The summed E-state index contributed by atoms with van der Waals surface area (Å²) < 4.78 is 40.6. The number of quaternary nitrogens is 1. The molecule has 4 nitrogen and oxygen atoms in total. The highest BCUT2D eigenvalue weighted by Gasteiger charge is 2.35. The molecule has 1 amide bonds. The number of carbonyl (C=O) groups is 1. The van der Waals surface area contributed by atoms with Crippen LogP contribution in [0.3, 0.4) is 0 Å². The minimum absolute atomic E-state index is 0.0877. The number of benzene rings is 2. The number of amides is 1. The van der Waals surface area contributed by atoms with Crippen molar-refractivity contribution in [2.75, 3.05) is 18.4 Å². The Hall–Kier alpha value is -2.45. The Morgan fingerprint density at radius 1 is 1.14 bits per heavy atom. The number of nitrogens with one attached hydrogen (secondary N) is 2. The molecule has 152 valence electrons. The maximum absolute atomic E-state index is 13.2. The quantitative estimate of drug-likeness (QED) is 0.669. The van der Waals surface area contributed by atoms with Crippen LogP contribution in [0.25, 0.3) is 10.2 Å². The van der Waals surface area contributed by atoms with Gasteiger partial charge in [-0.15, -0.1) is 11.3 Å². The van der Waals surface area contributed by atoms with Crippen LogP contribution in [0.5, 0.6) is 0 Å². The number of alkyl halides is 3. The number of aromatic nitrogens is 1. The lowest BCUT2D eigenvalue weighted by Crippen LogP contribution is -3.14. The summed E-state index contributed by atoms with van der Waals surface area (Å²) in [5.74, 6) is -0.412. The highest BCUT2D eigenvalue weighted by Crippen LogP contribution is 2.34. The van der Waals surface area contributed by atoms with E-state index in [1.807, 2.05) is 24.3 Å². The molecule has 0 saturated carbocycles. The molecular formula is C21H21F3N3OS+. The third-order valence-corrected chi connectivity index (χ3v) is 6.39. The van der Waals surface area contributed by atoms with Crippen LogP contribution in [0.1, 0.15) is 35.9 Å². The minimum atomic E-state index is -4.51. The van der Waals surface area contributed by atoms with Gasteiger partial charge in [0.2, 0.25) is 0 Å². The number of halogens is 3. The summed E-state index contributed by atoms with van der Waals surface area (Å²) in [6, 6.07) is 13.1. The summed E-state index contributed by atoms with van der Waals surface area (Å²) >= 11 is 1.63. The van der Waals surface area contributed by atoms with E-state index in [2.05, 4.69) is 5.32 Å². The van der Waals surface area contributed by atoms with Gasteiger partial charge in [-0.2, -0.15) is 13.2 Å². The molecule has 29 heavy (non-hydrogen) atoms. The van der Waals surface area contributed by atoms with Crippen molar-refractivity contribution in [1.82, 2.24) is 4.98 Å². The average molecular weight is 420 g/mol. The highest BCUT2D eigenvalue weighted by molar-refractivity contribution is 7.18. The second-order valence-corrected chi connectivity index (χ2v) is 8.31. The van der Waals surface area contributed by atoms with Crippen LogP contribution in [0.15, 0.2) is 48.5 Å². The fraction of sp³-hybridized carbons (Fsp3) is 0.333. The van der Waals surface area contributed by atoms with Crippen LogP contribution in [0.2, 0.25) is 0 Å². The molecule has 0 aliphatic carbocycles. The maximum Gasteiger partial charge on any atom is 0.418 e. The summed E-state index contributed by atoms with van der Waals surface area (Å²) in [6.07, 6.45) is -1.54. The summed E-state index contributed by atoms with van der Waals surface area (Å²) in [5.41, 5.74) is -0.0800. The predicted octanol–water partition coefficient (Wildman–Crippen LogP) is 4.06. The number of piperidine rings is 1. The third kappa shape index (κ3) is 4.43.